The Morgan fingerprint density at radius 1 is 1.21 bits per heavy atom. The number of hydrogen-bond acceptors (Lipinski definition) is 5. The molecule has 0 aliphatic rings. The van der Waals surface area contributed by atoms with Crippen molar-refractivity contribution in [3.8, 4) is 22.8 Å². The number of fused-ring (bicyclic) bond motifs is 1. The second-order valence-corrected chi connectivity index (χ2v) is 7.33. The Labute approximate surface area is 172 Å². The molecule has 0 radical (unpaired) electrons. The highest BCUT2D eigenvalue weighted by Crippen LogP contribution is 2.25. The highest BCUT2D eigenvalue weighted by Gasteiger charge is 2.16. The van der Waals surface area contributed by atoms with Gasteiger partial charge in [-0.25, -0.2) is 4.98 Å². The van der Waals surface area contributed by atoms with Crippen molar-refractivity contribution >= 4 is 27.9 Å². The van der Waals surface area contributed by atoms with Gasteiger partial charge in [0.25, 0.3) is 5.91 Å². The second kappa shape index (κ2) is 8.36. The molecule has 0 bridgehead atoms. The number of anilines is 1. The van der Waals surface area contributed by atoms with Crippen molar-refractivity contribution < 1.29 is 14.3 Å². The first kappa shape index (κ1) is 19.0. The van der Waals surface area contributed by atoms with Crippen LogP contribution in [0.4, 0.5) is 5.69 Å². The molecule has 0 spiro atoms. The second-order valence-electron chi connectivity index (χ2n) is 6.46. The molecule has 4 rings (SSSR count). The molecule has 0 saturated carbocycles. The molecular weight excluding hydrogens is 386 g/mol. The fraction of sp³-hybridized carbons (Fsp3) is 0.182. The minimum atomic E-state index is -0.659. The third kappa shape index (κ3) is 4.41. The lowest BCUT2D eigenvalue weighted by molar-refractivity contribution is -0.122. The summed E-state index contributed by atoms with van der Waals surface area (Å²) >= 11 is 1.58. The van der Waals surface area contributed by atoms with Crippen molar-refractivity contribution in [3.05, 3.63) is 66.3 Å². The molecular formula is C22H21N3O3S. The van der Waals surface area contributed by atoms with E-state index in [4.69, 9.17) is 9.47 Å². The SMILES string of the molecule is CCOc1cccc(OC(C)C(=O)Nc2cccc(-c3cn4ccsc4n3)c2)c1. The van der Waals surface area contributed by atoms with Crippen molar-refractivity contribution in [2.24, 2.45) is 0 Å². The molecule has 2 heterocycles. The molecule has 148 valence electrons. The summed E-state index contributed by atoms with van der Waals surface area (Å²) in [6, 6.07) is 14.9. The zero-order valence-electron chi connectivity index (χ0n) is 16.2. The van der Waals surface area contributed by atoms with Gasteiger partial charge in [0.1, 0.15) is 11.5 Å². The number of carbonyl (C=O) groups is 1. The first-order valence-corrected chi connectivity index (χ1v) is 10.2. The lowest BCUT2D eigenvalue weighted by atomic mass is 10.1. The van der Waals surface area contributed by atoms with E-state index in [0.717, 1.165) is 16.2 Å². The van der Waals surface area contributed by atoms with Crippen LogP contribution < -0.4 is 14.8 Å². The van der Waals surface area contributed by atoms with Gasteiger partial charge in [0.2, 0.25) is 0 Å². The zero-order valence-corrected chi connectivity index (χ0v) is 17.0. The number of hydrogen-bond donors (Lipinski definition) is 1. The molecule has 0 aliphatic heterocycles. The van der Waals surface area contributed by atoms with Gasteiger partial charge in [-0.2, -0.15) is 0 Å². The summed E-state index contributed by atoms with van der Waals surface area (Å²) in [7, 11) is 0. The molecule has 1 amide bonds. The Balaban J connectivity index is 1.44. The van der Waals surface area contributed by atoms with Crippen LogP contribution in [-0.4, -0.2) is 28.0 Å². The summed E-state index contributed by atoms with van der Waals surface area (Å²) in [5.41, 5.74) is 2.50. The monoisotopic (exact) mass is 407 g/mol. The number of amides is 1. The van der Waals surface area contributed by atoms with Gasteiger partial charge in [-0.1, -0.05) is 18.2 Å². The molecule has 7 heteroatoms. The fourth-order valence-corrected chi connectivity index (χ4v) is 3.63. The molecule has 6 nitrogen and oxygen atoms in total. The predicted octanol–water partition coefficient (Wildman–Crippen LogP) is 4.87. The van der Waals surface area contributed by atoms with E-state index >= 15 is 0 Å². The number of ether oxygens (including phenoxy) is 2. The number of carbonyl (C=O) groups excluding carboxylic acids is 1. The summed E-state index contributed by atoms with van der Waals surface area (Å²) in [5.74, 6) is 1.07. The van der Waals surface area contributed by atoms with Gasteiger partial charge in [-0.15, -0.1) is 11.3 Å². The Hall–Kier alpha value is -3.32. The molecule has 29 heavy (non-hydrogen) atoms. The van der Waals surface area contributed by atoms with Gasteiger partial charge in [-0.05, 0) is 38.1 Å². The van der Waals surface area contributed by atoms with Gasteiger partial charge in [0.05, 0.1) is 12.3 Å². The van der Waals surface area contributed by atoms with Gasteiger partial charge in [-0.3, -0.25) is 9.20 Å². The Bertz CT molecular complexity index is 1110. The van der Waals surface area contributed by atoms with Crippen LogP contribution in [0.25, 0.3) is 16.2 Å². The predicted molar refractivity (Wildman–Crippen MR) is 115 cm³/mol. The van der Waals surface area contributed by atoms with Crippen molar-refractivity contribution in [2.75, 3.05) is 11.9 Å². The number of benzene rings is 2. The van der Waals surface area contributed by atoms with Gasteiger partial charge >= 0.3 is 0 Å². The van der Waals surface area contributed by atoms with E-state index in [1.54, 1.807) is 30.4 Å². The summed E-state index contributed by atoms with van der Waals surface area (Å²) in [6.45, 7) is 4.21. The van der Waals surface area contributed by atoms with Crippen molar-refractivity contribution in [3.63, 3.8) is 0 Å². The number of thiazole rings is 1. The number of nitrogens with zero attached hydrogens (tertiary/aromatic N) is 2. The largest absolute Gasteiger partial charge is 0.494 e. The van der Waals surface area contributed by atoms with E-state index in [9.17, 15) is 4.79 Å². The average molecular weight is 407 g/mol. The van der Waals surface area contributed by atoms with Crippen LogP contribution in [0.3, 0.4) is 0 Å². The Morgan fingerprint density at radius 3 is 2.86 bits per heavy atom. The molecule has 1 atom stereocenters. The topological polar surface area (TPSA) is 64.9 Å². The first-order chi connectivity index (χ1) is 14.1. The molecule has 4 aromatic rings. The number of aromatic nitrogens is 2. The first-order valence-electron chi connectivity index (χ1n) is 9.35. The van der Waals surface area contributed by atoms with E-state index < -0.39 is 6.10 Å². The molecule has 1 N–H and O–H groups in total. The maximum atomic E-state index is 12.6. The van der Waals surface area contributed by atoms with Crippen LogP contribution in [0.15, 0.2) is 66.3 Å². The molecule has 0 fully saturated rings. The van der Waals surface area contributed by atoms with Crippen LogP contribution in [0.2, 0.25) is 0 Å². The van der Waals surface area contributed by atoms with Gasteiger partial charge in [0.15, 0.2) is 11.1 Å². The van der Waals surface area contributed by atoms with Crippen molar-refractivity contribution in [2.45, 2.75) is 20.0 Å². The van der Waals surface area contributed by atoms with E-state index in [1.165, 1.54) is 0 Å². The summed E-state index contributed by atoms with van der Waals surface area (Å²) in [6.07, 6.45) is 3.29. The van der Waals surface area contributed by atoms with Crippen LogP contribution in [0, 0.1) is 0 Å². The van der Waals surface area contributed by atoms with Crippen LogP contribution >= 0.6 is 11.3 Å². The highest BCUT2D eigenvalue weighted by molar-refractivity contribution is 7.15. The fourth-order valence-electron chi connectivity index (χ4n) is 2.93. The Morgan fingerprint density at radius 2 is 2.03 bits per heavy atom. The van der Waals surface area contributed by atoms with E-state index in [0.29, 0.717) is 23.8 Å². The highest BCUT2D eigenvalue weighted by atomic mass is 32.1. The summed E-state index contributed by atoms with van der Waals surface area (Å²) in [5, 5.41) is 4.91. The van der Waals surface area contributed by atoms with E-state index in [2.05, 4.69) is 10.3 Å². The minimum Gasteiger partial charge on any atom is -0.494 e. The molecule has 2 aromatic carbocycles. The summed E-state index contributed by atoms with van der Waals surface area (Å²) in [4.78, 5) is 18.1. The maximum absolute atomic E-state index is 12.6. The third-order valence-corrected chi connectivity index (χ3v) is 5.09. The molecule has 0 saturated heterocycles. The van der Waals surface area contributed by atoms with Crippen molar-refractivity contribution in [1.82, 2.24) is 9.38 Å². The third-order valence-electron chi connectivity index (χ3n) is 4.32. The summed E-state index contributed by atoms with van der Waals surface area (Å²) < 4.78 is 13.2. The normalized spacial score (nSPS) is 11.9. The number of nitrogens with one attached hydrogen (secondary N) is 1. The number of imidazole rings is 1. The van der Waals surface area contributed by atoms with Crippen LogP contribution in [-0.2, 0) is 4.79 Å². The van der Waals surface area contributed by atoms with Crippen molar-refractivity contribution in [1.29, 1.82) is 0 Å². The average Bonchev–Trinajstić information content (AvgIpc) is 3.31. The smallest absolute Gasteiger partial charge is 0.265 e. The lowest BCUT2D eigenvalue weighted by Crippen LogP contribution is -2.30. The zero-order chi connectivity index (χ0) is 20.2. The lowest BCUT2D eigenvalue weighted by Gasteiger charge is -2.15. The maximum Gasteiger partial charge on any atom is 0.265 e. The van der Waals surface area contributed by atoms with E-state index in [-0.39, 0.29) is 5.91 Å². The number of rotatable bonds is 7. The standard InChI is InChI=1S/C22H21N3O3S/c1-3-27-18-8-5-9-19(13-18)28-15(2)21(26)23-17-7-4-6-16(12-17)20-14-25-10-11-29-22(25)24-20/h4-15H,3H2,1-2H3,(H,23,26). The molecule has 1 unspecified atom stereocenters. The van der Waals surface area contributed by atoms with E-state index in [1.807, 2.05) is 65.5 Å². The Kier molecular flexibility index (Phi) is 5.48. The minimum absolute atomic E-state index is 0.227. The van der Waals surface area contributed by atoms with Gasteiger partial charge < -0.3 is 14.8 Å². The molecule has 0 aliphatic carbocycles. The molecule has 2 aromatic heterocycles. The quantitative estimate of drug-likeness (QED) is 0.475. The van der Waals surface area contributed by atoms with Crippen LogP contribution in [0.5, 0.6) is 11.5 Å². The van der Waals surface area contributed by atoms with Crippen LogP contribution in [0.1, 0.15) is 13.8 Å². The van der Waals surface area contributed by atoms with Gasteiger partial charge in [0, 0.05) is 35.1 Å².